The average Bonchev–Trinajstić information content (AvgIpc) is 2.34. The number of hydrogen-bond donors (Lipinski definition) is 2. The van der Waals surface area contributed by atoms with Crippen molar-refractivity contribution in [2.24, 2.45) is 0 Å². The second kappa shape index (κ2) is 6.26. The number of carbonyl (C=O) groups excluding carboxylic acids is 2. The number of carboxylic acids is 1. The van der Waals surface area contributed by atoms with Crippen LogP contribution in [-0.4, -0.2) is 30.1 Å². The normalized spacial score (nSPS) is 13.2. The standard InChI is InChI=1S/C11H11NO5/c13-6-12-9(8-4-2-1-3-5-8)10(11(15)16)17-7-14/h1-7,9-10H,(H,12,13)(H,15,16)/t9-,10+/m0/s1. The quantitative estimate of drug-likeness (QED) is 0.656. The molecular formula is C11H11NO5. The fourth-order valence-electron chi connectivity index (χ4n) is 1.43. The highest BCUT2D eigenvalue weighted by molar-refractivity contribution is 5.75. The number of carbonyl (C=O) groups is 3. The Hall–Kier alpha value is -2.37. The summed E-state index contributed by atoms with van der Waals surface area (Å²) in [6.07, 6.45) is -1.10. The molecule has 0 aliphatic heterocycles. The zero-order chi connectivity index (χ0) is 12.7. The molecule has 1 aromatic carbocycles. The molecule has 2 atom stereocenters. The highest BCUT2D eigenvalue weighted by Gasteiger charge is 2.30. The van der Waals surface area contributed by atoms with E-state index in [4.69, 9.17) is 5.11 Å². The number of aliphatic carboxylic acids is 1. The van der Waals surface area contributed by atoms with Crippen LogP contribution in [0, 0.1) is 0 Å². The maximum Gasteiger partial charge on any atom is 0.347 e. The lowest BCUT2D eigenvalue weighted by Gasteiger charge is -2.22. The Bertz CT molecular complexity index is 392. The van der Waals surface area contributed by atoms with Crippen LogP contribution in [0.4, 0.5) is 0 Å². The highest BCUT2D eigenvalue weighted by atomic mass is 16.5. The van der Waals surface area contributed by atoms with E-state index >= 15 is 0 Å². The minimum Gasteiger partial charge on any atom is -0.478 e. The topological polar surface area (TPSA) is 92.7 Å². The van der Waals surface area contributed by atoms with E-state index in [-0.39, 0.29) is 6.47 Å². The molecule has 0 bridgehead atoms. The smallest absolute Gasteiger partial charge is 0.347 e. The Morgan fingerprint density at radius 1 is 1.29 bits per heavy atom. The first-order valence-corrected chi connectivity index (χ1v) is 4.77. The summed E-state index contributed by atoms with van der Waals surface area (Å²) in [6.45, 7) is 0.0429. The first-order chi connectivity index (χ1) is 8.20. The SMILES string of the molecule is O=CN[C@@H](c1ccccc1)[C@@H](OC=O)C(=O)O. The molecule has 0 spiro atoms. The number of benzene rings is 1. The monoisotopic (exact) mass is 237 g/mol. The summed E-state index contributed by atoms with van der Waals surface area (Å²) in [6, 6.07) is 7.47. The van der Waals surface area contributed by atoms with E-state index < -0.39 is 18.1 Å². The first-order valence-electron chi connectivity index (χ1n) is 4.77. The van der Waals surface area contributed by atoms with E-state index in [1.165, 1.54) is 0 Å². The fraction of sp³-hybridized carbons (Fsp3) is 0.182. The summed E-state index contributed by atoms with van der Waals surface area (Å²) in [5.74, 6) is -1.33. The minimum absolute atomic E-state index is 0.0429. The third-order valence-electron chi connectivity index (χ3n) is 2.15. The van der Waals surface area contributed by atoms with Crippen LogP contribution in [0.2, 0.25) is 0 Å². The molecule has 90 valence electrons. The van der Waals surface area contributed by atoms with Gasteiger partial charge in [-0.25, -0.2) is 4.79 Å². The Balaban J connectivity index is 3.01. The van der Waals surface area contributed by atoms with Crippen LogP contribution in [0.1, 0.15) is 11.6 Å². The maximum atomic E-state index is 10.9. The van der Waals surface area contributed by atoms with Crippen molar-refractivity contribution in [3.63, 3.8) is 0 Å². The van der Waals surface area contributed by atoms with Gasteiger partial charge in [-0.15, -0.1) is 0 Å². The minimum atomic E-state index is -1.46. The van der Waals surface area contributed by atoms with Crippen LogP contribution >= 0.6 is 0 Å². The predicted octanol–water partition coefficient (Wildman–Crippen LogP) is 0.0999. The molecule has 0 radical (unpaired) electrons. The van der Waals surface area contributed by atoms with Crippen molar-refractivity contribution in [3.05, 3.63) is 35.9 Å². The van der Waals surface area contributed by atoms with Gasteiger partial charge in [-0.3, -0.25) is 9.59 Å². The molecular weight excluding hydrogens is 226 g/mol. The summed E-state index contributed by atoms with van der Waals surface area (Å²) in [7, 11) is 0. The largest absolute Gasteiger partial charge is 0.478 e. The summed E-state index contributed by atoms with van der Waals surface area (Å²) < 4.78 is 4.47. The Morgan fingerprint density at radius 3 is 2.41 bits per heavy atom. The van der Waals surface area contributed by atoms with Gasteiger partial charge in [0, 0.05) is 0 Å². The Labute approximate surface area is 97.2 Å². The van der Waals surface area contributed by atoms with Crippen molar-refractivity contribution < 1.29 is 24.2 Å². The molecule has 1 amide bonds. The summed E-state index contributed by atoms with van der Waals surface area (Å²) in [5, 5.41) is 11.2. The van der Waals surface area contributed by atoms with E-state index in [0.29, 0.717) is 12.0 Å². The number of hydrogen-bond acceptors (Lipinski definition) is 4. The average molecular weight is 237 g/mol. The van der Waals surface area contributed by atoms with Gasteiger partial charge in [0.05, 0.1) is 0 Å². The molecule has 6 nitrogen and oxygen atoms in total. The molecule has 6 heteroatoms. The number of rotatable bonds is 7. The van der Waals surface area contributed by atoms with Crippen LogP contribution in [-0.2, 0) is 19.1 Å². The number of amides is 1. The second-order valence-electron chi connectivity index (χ2n) is 3.16. The predicted molar refractivity (Wildman–Crippen MR) is 57.0 cm³/mol. The number of ether oxygens (including phenoxy) is 1. The van der Waals surface area contributed by atoms with Crippen molar-refractivity contribution in [3.8, 4) is 0 Å². The van der Waals surface area contributed by atoms with Crippen LogP contribution in [0.25, 0.3) is 0 Å². The van der Waals surface area contributed by atoms with Crippen molar-refractivity contribution in [1.29, 1.82) is 0 Å². The van der Waals surface area contributed by atoms with E-state index in [1.54, 1.807) is 30.3 Å². The Kier molecular flexibility index (Phi) is 4.68. The van der Waals surface area contributed by atoms with Crippen molar-refractivity contribution in [2.75, 3.05) is 0 Å². The van der Waals surface area contributed by atoms with E-state index in [9.17, 15) is 14.4 Å². The number of carboxylic acid groups (broad SMARTS) is 1. The first kappa shape index (κ1) is 12.7. The maximum absolute atomic E-state index is 10.9. The highest BCUT2D eigenvalue weighted by Crippen LogP contribution is 2.18. The lowest BCUT2D eigenvalue weighted by molar-refractivity contribution is -0.158. The summed E-state index contributed by atoms with van der Waals surface area (Å²) in [4.78, 5) is 31.7. The molecule has 0 saturated heterocycles. The molecule has 0 aliphatic carbocycles. The van der Waals surface area contributed by atoms with Gasteiger partial charge in [0.25, 0.3) is 6.47 Å². The van der Waals surface area contributed by atoms with E-state index in [1.807, 2.05) is 0 Å². The fourth-order valence-corrected chi connectivity index (χ4v) is 1.43. The summed E-state index contributed by atoms with van der Waals surface area (Å²) >= 11 is 0. The third kappa shape index (κ3) is 3.30. The molecule has 0 aromatic heterocycles. The van der Waals surface area contributed by atoms with Gasteiger partial charge in [0.15, 0.2) is 0 Å². The van der Waals surface area contributed by atoms with Crippen LogP contribution in [0.5, 0.6) is 0 Å². The molecule has 17 heavy (non-hydrogen) atoms. The van der Waals surface area contributed by atoms with Crippen molar-refractivity contribution in [1.82, 2.24) is 5.32 Å². The molecule has 2 N–H and O–H groups in total. The van der Waals surface area contributed by atoms with Gasteiger partial charge in [-0.2, -0.15) is 0 Å². The molecule has 0 fully saturated rings. The lowest BCUT2D eigenvalue weighted by Crippen LogP contribution is -2.38. The summed E-state index contributed by atoms with van der Waals surface area (Å²) in [5.41, 5.74) is 0.536. The molecule has 0 aliphatic rings. The van der Waals surface area contributed by atoms with Crippen LogP contribution in [0.3, 0.4) is 0 Å². The van der Waals surface area contributed by atoms with Crippen molar-refractivity contribution >= 4 is 18.9 Å². The van der Waals surface area contributed by atoms with E-state index in [2.05, 4.69) is 10.1 Å². The van der Waals surface area contributed by atoms with Gasteiger partial charge < -0.3 is 15.2 Å². The Morgan fingerprint density at radius 2 is 1.94 bits per heavy atom. The molecule has 1 aromatic rings. The van der Waals surface area contributed by atoms with Crippen LogP contribution in [0.15, 0.2) is 30.3 Å². The van der Waals surface area contributed by atoms with Gasteiger partial charge in [-0.05, 0) is 5.56 Å². The van der Waals surface area contributed by atoms with Gasteiger partial charge in [0.1, 0.15) is 6.04 Å². The van der Waals surface area contributed by atoms with Gasteiger partial charge >= 0.3 is 5.97 Å². The third-order valence-corrected chi connectivity index (χ3v) is 2.15. The van der Waals surface area contributed by atoms with Gasteiger partial charge in [0.2, 0.25) is 12.5 Å². The molecule has 0 heterocycles. The molecule has 0 saturated carbocycles. The zero-order valence-corrected chi connectivity index (χ0v) is 8.78. The lowest BCUT2D eigenvalue weighted by atomic mass is 10.0. The molecule has 0 unspecified atom stereocenters. The van der Waals surface area contributed by atoms with E-state index in [0.717, 1.165) is 0 Å². The van der Waals surface area contributed by atoms with Crippen LogP contribution < -0.4 is 5.32 Å². The van der Waals surface area contributed by atoms with Crippen molar-refractivity contribution in [2.45, 2.75) is 12.1 Å². The zero-order valence-electron chi connectivity index (χ0n) is 8.78. The number of nitrogens with one attached hydrogen (secondary N) is 1. The second-order valence-corrected chi connectivity index (χ2v) is 3.16. The molecule has 1 rings (SSSR count). The van der Waals surface area contributed by atoms with Gasteiger partial charge in [-0.1, -0.05) is 30.3 Å².